The lowest BCUT2D eigenvalue weighted by atomic mass is 10.3. The van der Waals surface area contributed by atoms with Crippen LogP contribution in [0.5, 0.6) is 11.5 Å². The Kier molecular flexibility index (Phi) is 5.43. The number of benzene rings is 2. The maximum Gasteiger partial charge on any atom is 0.339 e. The molecule has 5 nitrogen and oxygen atoms in total. The first-order valence-corrected chi connectivity index (χ1v) is 8.48. The van der Waals surface area contributed by atoms with Crippen molar-refractivity contribution in [3.63, 3.8) is 0 Å². The van der Waals surface area contributed by atoms with Gasteiger partial charge in [-0.2, -0.15) is 11.3 Å². The lowest BCUT2D eigenvalue weighted by Crippen LogP contribution is -2.21. The average Bonchev–Trinajstić information content (AvgIpc) is 3.17. The molecule has 0 spiro atoms. The van der Waals surface area contributed by atoms with Crippen LogP contribution in [-0.4, -0.2) is 18.5 Å². The van der Waals surface area contributed by atoms with Gasteiger partial charge in [0, 0.05) is 5.38 Å². The van der Waals surface area contributed by atoms with E-state index in [4.69, 9.17) is 9.47 Å². The Hall–Kier alpha value is -3.12. The Morgan fingerprint density at radius 1 is 0.960 bits per heavy atom. The van der Waals surface area contributed by atoms with Crippen molar-refractivity contribution in [2.75, 3.05) is 11.9 Å². The average molecular weight is 353 g/mol. The van der Waals surface area contributed by atoms with Crippen molar-refractivity contribution in [3.05, 3.63) is 77.0 Å². The van der Waals surface area contributed by atoms with Crippen LogP contribution in [0.3, 0.4) is 0 Å². The highest BCUT2D eigenvalue weighted by molar-refractivity contribution is 7.08. The number of rotatable bonds is 6. The van der Waals surface area contributed by atoms with Gasteiger partial charge >= 0.3 is 5.97 Å². The molecule has 0 radical (unpaired) electrons. The zero-order chi connectivity index (χ0) is 17.5. The summed E-state index contributed by atoms with van der Waals surface area (Å²) in [6, 6.07) is 18.0. The molecule has 1 amide bonds. The Balaban J connectivity index is 1.60. The van der Waals surface area contributed by atoms with Crippen LogP contribution in [0.2, 0.25) is 0 Å². The van der Waals surface area contributed by atoms with Crippen LogP contribution in [0.1, 0.15) is 10.4 Å². The summed E-state index contributed by atoms with van der Waals surface area (Å²) in [4.78, 5) is 23.8. The number of thiophene rings is 1. The van der Waals surface area contributed by atoms with Crippen molar-refractivity contribution in [2.24, 2.45) is 0 Å². The molecular formula is C19H15NO4S. The largest absolute Gasteiger partial charge is 0.455 e. The van der Waals surface area contributed by atoms with Crippen LogP contribution in [0.15, 0.2) is 71.4 Å². The zero-order valence-electron chi connectivity index (χ0n) is 13.2. The van der Waals surface area contributed by atoms with Crippen molar-refractivity contribution in [1.29, 1.82) is 0 Å². The summed E-state index contributed by atoms with van der Waals surface area (Å²) in [6.45, 7) is -0.367. The monoisotopic (exact) mass is 353 g/mol. The highest BCUT2D eigenvalue weighted by Gasteiger charge is 2.12. The summed E-state index contributed by atoms with van der Waals surface area (Å²) in [5.74, 6) is 0.206. The number of carbonyl (C=O) groups is 2. The molecule has 126 valence electrons. The third kappa shape index (κ3) is 4.68. The number of hydrogen-bond donors (Lipinski definition) is 1. The molecule has 6 heteroatoms. The van der Waals surface area contributed by atoms with Crippen LogP contribution in [0, 0.1) is 0 Å². The van der Waals surface area contributed by atoms with Crippen molar-refractivity contribution in [1.82, 2.24) is 0 Å². The molecule has 0 aliphatic rings. The molecule has 0 unspecified atom stereocenters. The summed E-state index contributed by atoms with van der Waals surface area (Å²) >= 11 is 1.39. The van der Waals surface area contributed by atoms with Gasteiger partial charge in [0.1, 0.15) is 5.75 Å². The second-order valence-corrected chi connectivity index (χ2v) is 5.83. The molecule has 3 rings (SSSR count). The summed E-state index contributed by atoms with van der Waals surface area (Å²) in [7, 11) is 0. The van der Waals surface area contributed by atoms with Gasteiger partial charge in [0.15, 0.2) is 12.4 Å². The molecule has 0 fully saturated rings. The first kappa shape index (κ1) is 16.7. The van der Waals surface area contributed by atoms with Gasteiger partial charge in [-0.25, -0.2) is 4.79 Å². The Bertz CT molecular complexity index is 847. The van der Waals surface area contributed by atoms with E-state index in [-0.39, 0.29) is 6.61 Å². The Morgan fingerprint density at radius 3 is 2.48 bits per heavy atom. The normalized spacial score (nSPS) is 10.1. The predicted octanol–water partition coefficient (Wildman–Crippen LogP) is 4.34. The molecule has 2 aromatic carbocycles. The first-order valence-electron chi connectivity index (χ1n) is 7.53. The molecule has 3 aromatic rings. The smallest absolute Gasteiger partial charge is 0.339 e. The van der Waals surface area contributed by atoms with Crippen molar-refractivity contribution in [3.8, 4) is 11.5 Å². The minimum Gasteiger partial charge on any atom is -0.455 e. The number of nitrogens with one attached hydrogen (secondary N) is 1. The maximum atomic E-state index is 12.0. The SMILES string of the molecule is O=C(COC(=O)c1ccsc1)Nc1ccccc1Oc1ccccc1. The number of hydrogen-bond acceptors (Lipinski definition) is 5. The molecule has 1 aromatic heterocycles. The molecule has 1 heterocycles. The van der Waals surface area contributed by atoms with Gasteiger partial charge in [0.25, 0.3) is 5.91 Å². The van der Waals surface area contributed by atoms with Crippen molar-refractivity contribution < 1.29 is 19.1 Å². The van der Waals surface area contributed by atoms with Crippen LogP contribution < -0.4 is 10.1 Å². The highest BCUT2D eigenvalue weighted by atomic mass is 32.1. The molecule has 0 bridgehead atoms. The predicted molar refractivity (Wildman–Crippen MR) is 96.2 cm³/mol. The lowest BCUT2D eigenvalue weighted by Gasteiger charge is -2.12. The van der Waals surface area contributed by atoms with E-state index >= 15 is 0 Å². The zero-order valence-corrected chi connectivity index (χ0v) is 14.0. The molecule has 0 aliphatic carbocycles. The Morgan fingerprint density at radius 2 is 1.72 bits per heavy atom. The number of ether oxygens (including phenoxy) is 2. The number of carbonyl (C=O) groups excluding carboxylic acids is 2. The van der Waals surface area contributed by atoms with E-state index in [9.17, 15) is 9.59 Å². The standard InChI is InChI=1S/C19H15NO4S/c21-18(12-23-19(22)14-10-11-25-13-14)20-16-8-4-5-9-17(16)24-15-6-2-1-3-7-15/h1-11,13H,12H2,(H,20,21). The second-order valence-electron chi connectivity index (χ2n) is 5.05. The number of para-hydroxylation sites is 3. The topological polar surface area (TPSA) is 64.6 Å². The van der Waals surface area contributed by atoms with E-state index in [2.05, 4.69) is 5.32 Å². The number of anilines is 1. The van der Waals surface area contributed by atoms with Gasteiger partial charge in [-0.15, -0.1) is 0 Å². The molecule has 0 saturated carbocycles. The fourth-order valence-corrected chi connectivity index (χ4v) is 2.68. The summed E-state index contributed by atoms with van der Waals surface area (Å²) in [5.41, 5.74) is 0.938. The Labute approximate surface area is 148 Å². The van der Waals surface area contributed by atoms with Gasteiger partial charge in [-0.3, -0.25) is 4.79 Å². The maximum absolute atomic E-state index is 12.0. The van der Waals surface area contributed by atoms with E-state index in [1.165, 1.54) is 11.3 Å². The van der Waals surface area contributed by atoms with E-state index in [1.807, 2.05) is 36.4 Å². The van der Waals surface area contributed by atoms with E-state index in [0.29, 0.717) is 22.7 Å². The van der Waals surface area contributed by atoms with E-state index < -0.39 is 11.9 Å². The van der Waals surface area contributed by atoms with Gasteiger partial charge in [0.05, 0.1) is 11.3 Å². The summed E-state index contributed by atoms with van der Waals surface area (Å²) in [6.07, 6.45) is 0. The second kappa shape index (κ2) is 8.12. The molecule has 1 N–H and O–H groups in total. The number of amides is 1. The lowest BCUT2D eigenvalue weighted by molar-refractivity contribution is -0.119. The fraction of sp³-hybridized carbons (Fsp3) is 0.0526. The van der Waals surface area contributed by atoms with Gasteiger partial charge in [-0.05, 0) is 35.7 Å². The fourth-order valence-electron chi connectivity index (χ4n) is 2.06. The quantitative estimate of drug-likeness (QED) is 0.670. The van der Waals surface area contributed by atoms with Crippen LogP contribution in [0.25, 0.3) is 0 Å². The minimum absolute atomic E-state index is 0.367. The third-order valence-corrected chi connectivity index (χ3v) is 3.91. The van der Waals surface area contributed by atoms with E-state index in [1.54, 1.807) is 35.0 Å². The van der Waals surface area contributed by atoms with Gasteiger partial charge < -0.3 is 14.8 Å². The highest BCUT2D eigenvalue weighted by Crippen LogP contribution is 2.28. The van der Waals surface area contributed by atoms with E-state index in [0.717, 1.165) is 0 Å². The summed E-state index contributed by atoms with van der Waals surface area (Å²) < 4.78 is 10.8. The molecule has 25 heavy (non-hydrogen) atoms. The van der Waals surface area contributed by atoms with Crippen LogP contribution in [0.4, 0.5) is 5.69 Å². The molecule has 0 aliphatic heterocycles. The van der Waals surface area contributed by atoms with Crippen LogP contribution >= 0.6 is 11.3 Å². The third-order valence-electron chi connectivity index (χ3n) is 3.22. The molecule has 0 saturated heterocycles. The molecule has 0 atom stereocenters. The van der Waals surface area contributed by atoms with Gasteiger partial charge in [-0.1, -0.05) is 30.3 Å². The van der Waals surface area contributed by atoms with Crippen molar-refractivity contribution in [2.45, 2.75) is 0 Å². The molecular weight excluding hydrogens is 338 g/mol. The van der Waals surface area contributed by atoms with Crippen molar-refractivity contribution >= 4 is 28.9 Å². The summed E-state index contributed by atoms with van der Waals surface area (Å²) in [5, 5.41) is 6.13. The van der Waals surface area contributed by atoms with Crippen LogP contribution in [-0.2, 0) is 9.53 Å². The first-order chi connectivity index (χ1) is 12.2. The minimum atomic E-state index is -0.523. The van der Waals surface area contributed by atoms with Gasteiger partial charge in [0.2, 0.25) is 0 Å². The number of esters is 1.